The lowest BCUT2D eigenvalue weighted by molar-refractivity contribution is -0.137. The van der Waals surface area contributed by atoms with E-state index in [1.165, 1.54) is 30.5 Å². The number of alkyl halides is 3. The summed E-state index contributed by atoms with van der Waals surface area (Å²) in [5.41, 5.74) is -2.24. The first kappa shape index (κ1) is 15.1. The van der Waals surface area contributed by atoms with E-state index in [1.807, 2.05) is 0 Å². The van der Waals surface area contributed by atoms with Gasteiger partial charge in [-0.15, -0.1) is 10.2 Å². The Labute approximate surface area is 127 Å². The molecule has 2 aromatic carbocycles. The van der Waals surface area contributed by atoms with Gasteiger partial charge in [-0.1, -0.05) is 18.2 Å². The quantitative estimate of drug-likeness (QED) is 0.826. The molecule has 1 aliphatic heterocycles. The first-order chi connectivity index (χ1) is 10.8. The largest absolute Gasteiger partial charge is 0.508 e. The molecule has 1 N–H and O–H groups in total. The summed E-state index contributed by atoms with van der Waals surface area (Å²) < 4.78 is 52.4. The molecule has 8 heteroatoms. The van der Waals surface area contributed by atoms with Gasteiger partial charge in [0.2, 0.25) is 0 Å². The number of phenolic OH excluding ortho intramolecular Hbond substituents is 1. The zero-order valence-electron chi connectivity index (χ0n) is 11.4. The van der Waals surface area contributed by atoms with E-state index in [1.54, 1.807) is 0 Å². The Kier molecular flexibility index (Phi) is 3.39. The molecule has 4 nitrogen and oxygen atoms in total. The van der Waals surface area contributed by atoms with Gasteiger partial charge < -0.3 is 5.11 Å². The molecule has 118 valence electrons. The first-order valence-corrected chi connectivity index (χ1v) is 6.46. The first-order valence-electron chi connectivity index (χ1n) is 6.46. The lowest BCUT2D eigenvalue weighted by Crippen LogP contribution is -2.26. The molecular weight excluding hydrogens is 314 g/mol. The average molecular weight is 323 g/mol. The predicted molar refractivity (Wildman–Crippen MR) is 73.6 cm³/mol. The molecule has 1 heterocycles. The number of hydrogen-bond acceptors (Lipinski definition) is 4. The number of phenols is 1. The molecule has 0 bridgehead atoms. The van der Waals surface area contributed by atoms with Gasteiger partial charge in [0, 0.05) is 5.56 Å². The Hall–Kier alpha value is -2.77. The maximum absolute atomic E-state index is 14.3. The molecular formula is C15H9F4N3O. The van der Waals surface area contributed by atoms with Gasteiger partial charge in [-0.25, -0.2) is 4.39 Å². The predicted octanol–water partition coefficient (Wildman–Crippen LogP) is 4.25. The van der Waals surface area contributed by atoms with Crippen LogP contribution in [0.1, 0.15) is 16.7 Å². The SMILES string of the molecule is Oc1ccc(C2(c3ccc(C(F)(F)F)cc3F)C=NN=N2)cc1. The fraction of sp³-hybridized carbons (Fsp3) is 0.133. The molecule has 0 aliphatic carbocycles. The Morgan fingerprint density at radius 1 is 1.00 bits per heavy atom. The van der Waals surface area contributed by atoms with Crippen LogP contribution in [0.5, 0.6) is 5.75 Å². The smallest absolute Gasteiger partial charge is 0.416 e. The summed E-state index contributed by atoms with van der Waals surface area (Å²) in [5, 5.41) is 20.3. The van der Waals surface area contributed by atoms with Gasteiger partial charge >= 0.3 is 6.18 Å². The number of rotatable bonds is 2. The molecule has 2 aromatic rings. The number of aromatic hydroxyl groups is 1. The lowest BCUT2D eigenvalue weighted by atomic mass is 9.84. The van der Waals surface area contributed by atoms with Gasteiger partial charge in [-0.05, 0) is 35.1 Å². The van der Waals surface area contributed by atoms with Gasteiger partial charge in [0.05, 0.1) is 11.8 Å². The Morgan fingerprint density at radius 3 is 2.22 bits per heavy atom. The van der Waals surface area contributed by atoms with Crippen molar-refractivity contribution < 1.29 is 22.7 Å². The lowest BCUT2D eigenvalue weighted by Gasteiger charge is -2.23. The minimum absolute atomic E-state index is 0.0105. The van der Waals surface area contributed by atoms with Crippen LogP contribution in [0.15, 0.2) is 57.9 Å². The van der Waals surface area contributed by atoms with E-state index in [9.17, 15) is 22.7 Å². The third-order valence-corrected chi connectivity index (χ3v) is 3.51. The fourth-order valence-corrected chi connectivity index (χ4v) is 2.36. The van der Waals surface area contributed by atoms with Gasteiger partial charge in [0.15, 0.2) is 5.54 Å². The van der Waals surface area contributed by atoms with Crippen molar-refractivity contribution in [3.8, 4) is 5.75 Å². The average Bonchev–Trinajstić information content (AvgIpc) is 2.97. The van der Waals surface area contributed by atoms with Crippen LogP contribution in [-0.4, -0.2) is 11.3 Å². The summed E-state index contributed by atoms with van der Waals surface area (Å²) in [4.78, 5) is 0. The van der Waals surface area contributed by atoms with Crippen molar-refractivity contribution in [3.05, 3.63) is 65.0 Å². The molecule has 1 atom stereocenters. The van der Waals surface area contributed by atoms with Gasteiger partial charge in [-0.3, -0.25) is 0 Å². The maximum Gasteiger partial charge on any atom is 0.416 e. The molecule has 1 unspecified atom stereocenters. The minimum atomic E-state index is -4.64. The van der Waals surface area contributed by atoms with E-state index >= 15 is 0 Å². The van der Waals surface area contributed by atoms with Gasteiger partial charge in [0.25, 0.3) is 0 Å². The zero-order chi connectivity index (χ0) is 16.7. The van der Waals surface area contributed by atoms with Crippen molar-refractivity contribution in [3.63, 3.8) is 0 Å². The number of benzene rings is 2. The maximum atomic E-state index is 14.3. The molecule has 0 fully saturated rings. The van der Waals surface area contributed by atoms with E-state index in [0.717, 1.165) is 12.1 Å². The molecule has 0 aromatic heterocycles. The second-order valence-corrected chi connectivity index (χ2v) is 4.94. The second kappa shape index (κ2) is 5.15. The van der Waals surface area contributed by atoms with Crippen LogP contribution >= 0.6 is 0 Å². The molecule has 0 amide bonds. The number of nitrogens with zero attached hydrogens (tertiary/aromatic N) is 3. The number of halogens is 4. The normalized spacial score (nSPS) is 20.2. The van der Waals surface area contributed by atoms with Crippen LogP contribution in [-0.2, 0) is 11.7 Å². The van der Waals surface area contributed by atoms with E-state index in [0.29, 0.717) is 11.6 Å². The van der Waals surface area contributed by atoms with Gasteiger partial charge in [0.1, 0.15) is 11.6 Å². The van der Waals surface area contributed by atoms with Crippen LogP contribution in [0.3, 0.4) is 0 Å². The fourth-order valence-electron chi connectivity index (χ4n) is 2.36. The standard InChI is InChI=1S/C15H9F4N3O/c16-13-7-10(15(17,18)19)3-6-12(13)14(8-20-22-21-14)9-1-4-11(23)5-2-9/h1-8,23H. The zero-order valence-corrected chi connectivity index (χ0v) is 11.4. The summed E-state index contributed by atoms with van der Waals surface area (Å²) in [6.07, 6.45) is -3.40. The summed E-state index contributed by atoms with van der Waals surface area (Å²) in [6, 6.07) is 7.88. The van der Waals surface area contributed by atoms with Crippen LogP contribution < -0.4 is 0 Å². The molecule has 0 saturated carbocycles. The van der Waals surface area contributed by atoms with Gasteiger partial charge in [-0.2, -0.15) is 13.2 Å². The highest BCUT2D eigenvalue weighted by Crippen LogP contribution is 2.39. The summed E-state index contributed by atoms with van der Waals surface area (Å²) in [7, 11) is 0. The number of hydrogen-bond donors (Lipinski definition) is 1. The highest BCUT2D eigenvalue weighted by molar-refractivity contribution is 5.80. The molecule has 0 radical (unpaired) electrons. The Morgan fingerprint density at radius 2 is 1.70 bits per heavy atom. The van der Waals surface area contributed by atoms with Crippen molar-refractivity contribution in [1.29, 1.82) is 0 Å². The highest BCUT2D eigenvalue weighted by atomic mass is 19.4. The van der Waals surface area contributed by atoms with Crippen LogP contribution in [0.2, 0.25) is 0 Å². The van der Waals surface area contributed by atoms with Crippen LogP contribution in [0.25, 0.3) is 0 Å². The monoisotopic (exact) mass is 323 g/mol. The van der Waals surface area contributed by atoms with Crippen molar-refractivity contribution in [1.82, 2.24) is 0 Å². The topological polar surface area (TPSA) is 57.3 Å². The Balaban J connectivity index is 2.15. The van der Waals surface area contributed by atoms with Crippen molar-refractivity contribution in [2.45, 2.75) is 11.7 Å². The second-order valence-electron chi connectivity index (χ2n) is 4.94. The molecule has 1 aliphatic rings. The Bertz CT molecular complexity index is 785. The minimum Gasteiger partial charge on any atom is -0.508 e. The van der Waals surface area contributed by atoms with E-state index in [4.69, 9.17) is 0 Å². The third-order valence-electron chi connectivity index (χ3n) is 3.51. The third kappa shape index (κ3) is 2.56. The van der Waals surface area contributed by atoms with Crippen LogP contribution in [0.4, 0.5) is 17.6 Å². The van der Waals surface area contributed by atoms with Crippen LogP contribution in [0, 0.1) is 5.82 Å². The molecule has 3 rings (SSSR count). The van der Waals surface area contributed by atoms with E-state index in [-0.39, 0.29) is 11.3 Å². The highest BCUT2D eigenvalue weighted by Gasteiger charge is 2.40. The molecule has 0 saturated heterocycles. The van der Waals surface area contributed by atoms with Crippen molar-refractivity contribution in [2.24, 2.45) is 15.4 Å². The van der Waals surface area contributed by atoms with Crippen molar-refractivity contribution in [2.75, 3.05) is 0 Å². The summed E-state index contributed by atoms with van der Waals surface area (Å²) in [6.45, 7) is 0. The van der Waals surface area contributed by atoms with E-state index < -0.39 is 23.1 Å². The summed E-state index contributed by atoms with van der Waals surface area (Å²) in [5.74, 6) is -1.08. The molecule has 0 spiro atoms. The molecule has 23 heavy (non-hydrogen) atoms. The van der Waals surface area contributed by atoms with Crippen molar-refractivity contribution >= 4 is 6.21 Å². The van der Waals surface area contributed by atoms with E-state index in [2.05, 4.69) is 15.4 Å². The summed E-state index contributed by atoms with van der Waals surface area (Å²) >= 11 is 0.